The Labute approximate surface area is 124 Å². The van der Waals surface area contributed by atoms with Gasteiger partial charge in [-0.05, 0) is 25.7 Å². The van der Waals surface area contributed by atoms with Gasteiger partial charge in [-0.25, -0.2) is 13.6 Å². The molecule has 0 atom stereocenters. The number of carboxylic acid groups (broad SMARTS) is 1. The summed E-state index contributed by atoms with van der Waals surface area (Å²) in [5.41, 5.74) is 0. The minimum atomic E-state index is -6.73. The molecule has 0 aromatic rings. The second kappa shape index (κ2) is 7.95. The van der Waals surface area contributed by atoms with E-state index in [2.05, 4.69) is 4.74 Å². The minimum Gasteiger partial charge on any atom is -0.450 e. The van der Waals surface area contributed by atoms with Crippen LogP contribution in [0.4, 0.5) is 44.3 Å². The Morgan fingerprint density at radius 3 is 1.65 bits per heavy atom. The predicted molar refractivity (Wildman–Crippen MR) is 57.9 cm³/mol. The van der Waals surface area contributed by atoms with E-state index in [0.717, 1.165) is 25.7 Å². The van der Waals surface area contributed by atoms with Gasteiger partial charge in [-0.15, -0.1) is 0 Å². The first-order valence-electron chi connectivity index (χ1n) is 6.23. The van der Waals surface area contributed by atoms with Crippen LogP contribution in [0, 0.1) is 0 Å². The van der Waals surface area contributed by atoms with Crippen molar-refractivity contribution in [3.05, 3.63) is 0 Å². The maximum atomic E-state index is 11.6. The first-order valence-corrected chi connectivity index (χ1v) is 6.23. The van der Waals surface area contributed by atoms with Gasteiger partial charge in [0.2, 0.25) is 0 Å². The summed E-state index contributed by atoms with van der Waals surface area (Å²) in [5, 5.41) is 8.24. The first kappa shape index (κ1) is 21.6. The van der Waals surface area contributed by atoms with Crippen molar-refractivity contribution in [1.29, 1.82) is 0 Å². The fraction of sp³-hybridized carbons (Fsp3) is 0.909. The van der Waals surface area contributed by atoms with E-state index in [1.807, 2.05) is 0 Å². The molecule has 1 fully saturated rings. The van der Waals surface area contributed by atoms with Crippen LogP contribution in [-0.2, 0) is 4.74 Å². The summed E-state index contributed by atoms with van der Waals surface area (Å²) in [6.45, 7) is 0. The van der Waals surface area contributed by atoms with Crippen LogP contribution in [0.1, 0.15) is 32.1 Å². The quantitative estimate of drug-likeness (QED) is 0.560. The summed E-state index contributed by atoms with van der Waals surface area (Å²) >= 11 is 0. The van der Waals surface area contributed by atoms with E-state index in [-0.39, 0.29) is 6.10 Å². The standard InChI is InChI=1S/C7H12O3.C4HF9/c8-7(9)10-6-4-2-1-3-5-6;5-1(6)2(7,8)3(9,10)4(11,12)13/h6H,1-5H2,(H,8,9);1H. The Morgan fingerprint density at radius 2 is 1.39 bits per heavy atom. The molecule has 23 heavy (non-hydrogen) atoms. The largest absolute Gasteiger partial charge is 0.506 e. The van der Waals surface area contributed by atoms with Gasteiger partial charge in [-0.3, -0.25) is 0 Å². The lowest BCUT2D eigenvalue weighted by molar-refractivity contribution is -0.375. The summed E-state index contributed by atoms with van der Waals surface area (Å²) < 4.78 is 107. The Bertz CT molecular complexity index is 375. The normalized spacial score (nSPS) is 17.5. The van der Waals surface area contributed by atoms with Crippen molar-refractivity contribution in [2.75, 3.05) is 0 Å². The van der Waals surface area contributed by atoms with Crippen LogP contribution in [-0.4, -0.2) is 41.8 Å². The fourth-order valence-electron chi connectivity index (χ4n) is 1.65. The van der Waals surface area contributed by atoms with Gasteiger partial charge in [-0.2, -0.15) is 30.7 Å². The highest BCUT2D eigenvalue weighted by Crippen LogP contribution is 2.48. The van der Waals surface area contributed by atoms with Gasteiger partial charge in [0.25, 0.3) is 0 Å². The van der Waals surface area contributed by atoms with E-state index in [0.29, 0.717) is 0 Å². The summed E-state index contributed by atoms with van der Waals surface area (Å²) in [4.78, 5) is 10.0. The maximum Gasteiger partial charge on any atom is 0.506 e. The van der Waals surface area contributed by atoms with Crippen molar-refractivity contribution in [3.63, 3.8) is 0 Å². The van der Waals surface area contributed by atoms with E-state index in [1.54, 1.807) is 0 Å². The topological polar surface area (TPSA) is 46.5 Å². The number of rotatable bonds is 3. The van der Waals surface area contributed by atoms with Crippen molar-refractivity contribution in [3.8, 4) is 0 Å². The molecular formula is C11H13F9O3. The Kier molecular flexibility index (Phi) is 7.48. The van der Waals surface area contributed by atoms with Crippen LogP contribution in [0.3, 0.4) is 0 Å². The number of hydrogen-bond donors (Lipinski definition) is 1. The highest BCUT2D eigenvalue weighted by atomic mass is 19.4. The second-order valence-electron chi connectivity index (χ2n) is 4.64. The van der Waals surface area contributed by atoms with Crippen molar-refractivity contribution in [2.45, 2.75) is 62.7 Å². The molecular weight excluding hydrogens is 351 g/mol. The van der Waals surface area contributed by atoms with E-state index >= 15 is 0 Å². The van der Waals surface area contributed by atoms with Crippen molar-refractivity contribution >= 4 is 6.16 Å². The Balaban J connectivity index is 0.000000433. The van der Waals surface area contributed by atoms with Gasteiger partial charge < -0.3 is 9.84 Å². The van der Waals surface area contributed by atoms with Crippen LogP contribution < -0.4 is 0 Å². The molecule has 1 aliphatic carbocycles. The molecule has 0 bridgehead atoms. The molecule has 0 spiro atoms. The lowest BCUT2D eigenvalue weighted by Gasteiger charge is -2.27. The average molecular weight is 364 g/mol. The number of alkyl halides is 9. The predicted octanol–water partition coefficient (Wildman–Crippen LogP) is 5.10. The summed E-state index contributed by atoms with van der Waals surface area (Å²) in [5.74, 6) is -13.1. The molecule has 1 N–H and O–H groups in total. The van der Waals surface area contributed by atoms with E-state index in [1.165, 1.54) is 6.42 Å². The maximum absolute atomic E-state index is 11.6. The van der Waals surface area contributed by atoms with E-state index < -0.39 is 30.6 Å². The molecule has 12 heteroatoms. The third-order valence-corrected chi connectivity index (χ3v) is 2.87. The molecule has 3 nitrogen and oxygen atoms in total. The van der Waals surface area contributed by atoms with Gasteiger partial charge in [0.05, 0.1) is 0 Å². The van der Waals surface area contributed by atoms with Crippen LogP contribution in [0.15, 0.2) is 0 Å². The monoisotopic (exact) mass is 364 g/mol. The van der Waals surface area contributed by atoms with Crippen LogP contribution in [0.25, 0.3) is 0 Å². The zero-order valence-electron chi connectivity index (χ0n) is 11.4. The molecule has 0 amide bonds. The molecule has 0 unspecified atom stereocenters. The highest BCUT2D eigenvalue weighted by molar-refractivity contribution is 5.57. The number of carbonyl (C=O) groups is 1. The van der Waals surface area contributed by atoms with Gasteiger partial charge in [0.15, 0.2) is 0 Å². The van der Waals surface area contributed by atoms with Crippen molar-refractivity contribution in [2.24, 2.45) is 0 Å². The lowest BCUT2D eigenvalue weighted by Crippen LogP contribution is -2.55. The smallest absolute Gasteiger partial charge is 0.450 e. The molecule has 1 rings (SSSR count). The molecule has 1 saturated carbocycles. The highest BCUT2D eigenvalue weighted by Gasteiger charge is 2.76. The lowest BCUT2D eigenvalue weighted by atomic mass is 9.98. The Hall–Kier alpha value is -1.36. The van der Waals surface area contributed by atoms with Gasteiger partial charge in [-0.1, -0.05) is 6.42 Å². The molecule has 0 aromatic heterocycles. The molecule has 0 aromatic carbocycles. The van der Waals surface area contributed by atoms with Crippen molar-refractivity contribution in [1.82, 2.24) is 0 Å². The minimum absolute atomic E-state index is 0.0220. The van der Waals surface area contributed by atoms with Gasteiger partial charge in [0, 0.05) is 0 Å². The van der Waals surface area contributed by atoms with Crippen LogP contribution in [0.5, 0.6) is 0 Å². The average Bonchev–Trinajstić information content (AvgIpc) is 2.38. The van der Waals surface area contributed by atoms with E-state index in [4.69, 9.17) is 5.11 Å². The second-order valence-corrected chi connectivity index (χ2v) is 4.64. The zero-order chi connectivity index (χ0) is 18.5. The van der Waals surface area contributed by atoms with E-state index in [9.17, 15) is 44.3 Å². The summed E-state index contributed by atoms with van der Waals surface area (Å²) in [7, 11) is 0. The molecule has 0 radical (unpaired) electrons. The number of halogens is 9. The zero-order valence-corrected chi connectivity index (χ0v) is 11.4. The Morgan fingerprint density at radius 1 is 0.957 bits per heavy atom. The number of ether oxygens (including phenoxy) is 1. The third-order valence-electron chi connectivity index (χ3n) is 2.87. The van der Waals surface area contributed by atoms with Crippen molar-refractivity contribution < 1.29 is 54.2 Å². The van der Waals surface area contributed by atoms with Crippen LogP contribution in [0.2, 0.25) is 0 Å². The first-order chi connectivity index (χ1) is 10.2. The summed E-state index contributed by atoms with van der Waals surface area (Å²) in [6.07, 6.45) is -7.68. The molecule has 0 heterocycles. The number of hydrogen-bond acceptors (Lipinski definition) is 2. The SMILES string of the molecule is FC(F)C(F)(F)C(F)(F)C(F)(F)F.O=C(O)OC1CCCCC1. The van der Waals surface area contributed by atoms with Crippen LogP contribution >= 0.6 is 0 Å². The van der Waals surface area contributed by atoms with Gasteiger partial charge in [0.1, 0.15) is 6.10 Å². The fourth-order valence-corrected chi connectivity index (χ4v) is 1.65. The molecule has 1 aliphatic rings. The molecule has 138 valence electrons. The molecule has 0 aliphatic heterocycles. The molecule has 0 saturated heterocycles. The summed E-state index contributed by atoms with van der Waals surface area (Å²) in [6, 6.07) is 0. The van der Waals surface area contributed by atoms with Gasteiger partial charge >= 0.3 is 30.6 Å². The third kappa shape index (κ3) is 5.98.